The average molecular weight is 450 g/mol. The van der Waals surface area contributed by atoms with Gasteiger partial charge in [0.2, 0.25) is 5.88 Å². The van der Waals surface area contributed by atoms with E-state index >= 15 is 0 Å². The number of aromatic nitrogens is 1. The number of rotatable bonds is 4. The van der Waals surface area contributed by atoms with E-state index in [1.54, 1.807) is 7.11 Å². The standard InChI is InChI=1S/C16H26N4OS.HI/c1-5-17-15(20-8-9-22-16(2,3)12-20)19-11-13-6-7-14(21-4)18-10-13;/h6-7,10H,5,8-9,11-12H2,1-4H3,(H,17,19);1H. The molecule has 1 aromatic rings. The lowest BCUT2D eigenvalue weighted by atomic mass is 10.2. The van der Waals surface area contributed by atoms with Crippen molar-refractivity contribution in [3.05, 3.63) is 23.9 Å². The van der Waals surface area contributed by atoms with Crippen molar-refractivity contribution in [3.63, 3.8) is 0 Å². The first-order valence-corrected chi connectivity index (χ1v) is 8.69. The highest BCUT2D eigenvalue weighted by Gasteiger charge is 2.28. The highest BCUT2D eigenvalue weighted by atomic mass is 127. The number of methoxy groups -OCH3 is 1. The Balaban J connectivity index is 0.00000264. The molecule has 0 amide bonds. The summed E-state index contributed by atoms with van der Waals surface area (Å²) in [7, 11) is 1.62. The molecule has 1 aromatic heterocycles. The number of halogens is 1. The van der Waals surface area contributed by atoms with E-state index in [-0.39, 0.29) is 28.7 Å². The van der Waals surface area contributed by atoms with Gasteiger partial charge in [-0.3, -0.25) is 0 Å². The molecule has 2 heterocycles. The van der Waals surface area contributed by atoms with Crippen LogP contribution in [0.25, 0.3) is 0 Å². The van der Waals surface area contributed by atoms with Gasteiger partial charge in [0.1, 0.15) is 0 Å². The monoisotopic (exact) mass is 450 g/mol. The van der Waals surface area contributed by atoms with E-state index < -0.39 is 0 Å². The summed E-state index contributed by atoms with van der Waals surface area (Å²) in [6, 6.07) is 3.88. The lowest BCUT2D eigenvalue weighted by Crippen LogP contribution is -2.50. The largest absolute Gasteiger partial charge is 0.481 e. The minimum absolute atomic E-state index is 0. The molecule has 1 saturated heterocycles. The zero-order valence-corrected chi connectivity index (χ0v) is 17.5. The van der Waals surface area contributed by atoms with Crippen LogP contribution < -0.4 is 10.1 Å². The fraction of sp³-hybridized carbons (Fsp3) is 0.625. The van der Waals surface area contributed by atoms with Gasteiger partial charge >= 0.3 is 0 Å². The van der Waals surface area contributed by atoms with Crippen LogP contribution in [-0.4, -0.2) is 53.1 Å². The summed E-state index contributed by atoms with van der Waals surface area (Å²) >= 11 is 2.03. The number of hydrogen-bond donors (Lipinski definition) is 1. The van der Waals surface area contributed by atoms with E-state index in [0.29, 0.717) is 12.4 Å². The molecular weight excluding hydrogens is 423 g/mol. The first-order chi connectivity index (χ1) is 10.5. The molecule has 23 heavy (non-hydrogen) atoms. The van der Waals surface area contributed by atoms with Gasteiger partial charge in [-0.05, 0) is 26.3 Å². The van der Waals surface area contributed by atoms with E-state index in [4.69, 9.17) is 9.73 Å². The topological polar surface area (TPSA) is 49.8 Å². The number of pyridine rings is 1. The number of ether oxygens (including phenoxy) is 1. The van der Waals surface area contributed by atoms with Crippen molar-refractivity contribution in [2.24, 2.45) is 4.99 Å². The zero-order valence-electron chi connectivity index (χ0n) is 14.3. The molecule has 2 rings (SSSR count). The predicted octanol–water partition coefficient (Wildman–Crippen LogP) is 3.00. The highest BCUT2D eigenvalue weighted by molar-refractivity contribution is 14.0. The van der Waals surface area contributed by atoms with Crippen molar-refractivity contribution in [1.29, 1.82) is 0 Å². The first-order valence-electron chi connectivity index (χ1n) is 7.70. The van der Waals surface area contributed by atoms with Gasteiger partial charge in [-0.25, -0.2) is 9.98 Å². The molecule has 0 radical (unpaired) electrons. The Morgan fingerprint density at radius 1 is 1.48 bits per heavy atom. The second-order valence-electron chi connectivity index (χ2n) is 5.91. The Labute approximate surface area is 160 Å². The smallest absolute Gasteiger partial charge is 0.212 e. The molecule has 0 aliphatic carbocycles. The minimum atomic E-state index is 0. The molecule has 1 fully saturated rings. The molecule has 1 aliphatic heterocycles. The Morgan fingerprint density at radius 2 is 2.26 bits per heavy atom. The summed E-state index contributed by atoms with van der Waals surface area (Å²) < 4.78 is 5.36. The maximum atomic E-state index is 5.08. The Kier molecular flexibility index (Phi) is 8.46. The van der Waals surface area contributed by atoms with Gasteiger partial charge in [0.05, 0.1) is 13.7 Å². The molecule has 0 spiro atoms. The van der Waals surface area contributed by atoms with Crippen molar-refractivity contribution in [3.8, 4) is 5.88 Å². The second kappa shape index (κ2) is 9.56. The van der Waals surface area contributed by atoms with E-state index in [1.807, 2.05) is 30.1 Å². The molecule has 1 aliphatic rings. The Morgan fingerprint density at radius 3 is 2.83 bits per heavy atom. The maximum Gasteiger partial charge on any atom is 0.212 e. The minimum Gasteiger partial charge on any atom is -0.481 e. The Hall–Kier alpha value is -0.700. The van der Waals surface area contributed by atoms with Crippen molar-refractivity contribution in [1.82, 2.24) is 15.2 Å². The summed E-state index contributed by atoms with van der Waals surface area (Å²) in [4.78, 5) is 11.4. The van der Waals surface area contributed by atoms with Crippen molar-refractivity contribution in [2.45, 2.75) is 32.1 Å². The fourth-order valence-corrected chi connectivity index (χ4v) is 3.53. The predicted molar refractivity (Wildman–Crippen MR) is 109 cm³/mol. The molecule has 0 unspecified atom stereocenters. The molecular formula is C16H27IN4OS. The quantitative estimate of drug-likeness (QED) is 0.434. The number of hydrogen-bond acceptors (Lipinski definition) is 4. The van der Waals surface area contributed by atoms with Crippen LogP contribution in [0, 0.1) is 0 Å². The van der Waals surface area contributed by atoms with Crippen molar-refractivity contribution >= 4 is 41.7 Å². The van der Waals surface area contributed by atoms with Crippen LogP contribution >= 0.6 is 35.7 Å². The van der Waals surface area contributed by atoms with Gasteiger partial charge in [-0.1, -0.05) is 6.07 Å². The van der Waals surface area contributed by atoms with Crippen LogP contribution in [0.1, 0.15) is 26.3 Å². The maximum absolute atomic E-state index is 5.08. The third-order valence-corrected chi connectivity index (χ3v) is 4.78. The summed E-state index contributed by atoms with van der Waals surface area (Å²) in [5.74, 6) is 2.77. The van der Waals surface area contributed by atoms with Crippen LogP contribution in [0.2, 0.25) is 0 Å². The van der Waals surface area contributed by atoms with Crippen LogP contribution in [-0.2, 0) is 6.54 Å². The summed E-state index contributed by atoms with van der Waals surface area (Å²) in [5.41, 5.74) is 1.09. The molecule has 0 saturated carbocycles. The first kappa shape index (κ1) is 20.3. The normalized spacial score (nSPS) is 17.4. The van der Waals surface area contributed by atoms with E-state index in [2.05, 4.69) is 36.0 Å². The molecule has 0 atom stereocenters. The van der Waals surface area contributed by atoms with E-state index in [9.17, 15) is 0 Å². The SMILES string of the molecule is CCNC(=NCc1ccc(OC)nc1)N1CCSC(C)(C)C1.I. The molecule has 5 nitrogen and oxygen atoms in total. The Bertz CT molecular complexity index is 507. The van der Waals surface area contributed by atoms with Gasteiger partial charge in [-0.15, -0.1) is 24.0 Å². The lowest BCUT2D eigenvalue weighted by Gasteiger charge is -2.39. The van der Waals surface area contributed by atoms with Gasteiger partial charge in [0.25, 0.3) is 0 Å². The van der Waals surface area contributed by atoms with Crippen LogP contribution in [0.5, 0.6) is 5.88 Å². The molecule has 7 heteroatoms. The molecule has 0 bridgehead atoms. The van der Waals surface area contributed by atoms with Crippen molar-refractivity contribution < 1.29 is 4.74 Å². The average Bonchev–Trinajstić information content (AvgIpc) is 2.51. The number of thioether (sulfide) groups is 1. The van der Waals surface area contributed by atoms with Crippen LogP contribution in [0.15, 0.2) is 23.3 Å². The van der Waals surface area contributed by atoms with Gasteiger partial charge < -0.3 is 15.0 Å². The van der Waals surface area contributed by atoms with Crippen LogP contribution in [0.4, 0.5) is 0 Å². The summed E-state index contributed by atoms with van der Waals surface area (Å²) in [6.07, 6.45) is 1.82. The van der Waals surface area contributed by atoms with E-state index in [1.165, 1.54) is 0 Å². The van der Waals surface area contributed by atoms with Gasteiger partial charge in [-0.2, -0.15) is 11.8 Å². The fourth-order valence-electron chi connectivity index (χ4n) is 2.41. The third kappa shape index (κ3) is 6.37. The zero-order chi connectivity index (χ0) is 16.0. The van der Waals surface area contributed by atoms with Crippen LogP contribution in [0.3, 0.4) is 0 Å². The molecule has 130 valence electrons. The number of nitrogens with zero attached hydrogens (tertiary/aromatic N) is 3. The number of aliphatic imine (C=N–C) groups is 1. The summed E-state index contributed by atoms with van der Waals surface area (Å²) in [6.45, 7) is 10.3. The molecule has 1 N–H and O–H groups in total. The van der Waals surface area contributed by atoms with Gasteiger partial charge in [0.15, 0.2) is 5.96 Å². The third-order valence-electron chi connectivity index (χ3n) is 3.48. The van der Waals surface area contributed by atoms with E-state index in [0.717, 1.165) is 36.9 Å². The highest BCUT2D eigenvalue weighted by Crippen LogP contribution is 2.29. The second-order valence-corrected chi connectivity index (χ2v) is 7.71. The summed E-state index contributed by atoms with van der Waals surface area (Å²) in [5, 5.41) is 3.40. The molecule has 0 aromatic carbocycles. The van der Waals surface area contributed by atoms with Crippen molar-refractivity contribution in [2.75, 3.05) is 32.5 Å². The number of nitrogens with one attached hydrogen (secondary N) is 1. The number of guanidine groups is 1. The van der Waals surface area contributed by atoms with Gasteiger partial charge in [0, 0.05) is 42.4 Å². The lowest BCUT2D eigenvalue weighted by molar-refractivity contribution is 0.375.